The van der Waals surface area contributed by atoms with Gasteiger partial charge in [0, 0.05) is 24.2 Å². The Kier molecular flexibility index (Phi) is 6.11. The fourth-order valence-corrected chi connectivity index (χ4v) is 2.11. The minimum Gasteiger partial charge on any atom is -0.350 e. The number of hydrogen-bond acceptors (Lipinski definition) is 3. The van der Waals surface area contributed by atoms with Crippen LogP contribution in [0.5, 0.6) is 0 Å². The van der Waals surface area contributed by atoms with E-state index in [-0.39, 0.29) is 29.4 Å². The zero-order valence-electron chi connectivity index (χ0n) is 14.3. The lowest BCUT2D eigenvalue weighted by atomic mass is 10.1. The van der Waals surface area contributed by atoms with E-state index < -0.39 is 0 Å². The predicted molar refractivity (Wildman–Crippen MR) is 89.7 cm³/mol. The lowest BCUT2D eigenvalue weighted by Crippen LogP contribution is -2.49. The standard InChI is InChI=1S/C17H27N3O2/c1-11(18-12(2)16(22)20-17(4,5)6)14-8-7-9-15(10-14)19-13(3)21/h7-12,18H,1-6H3,(H,19,21)(H,20,22). The van der Waals surface area contributed by atoms with Gasteiger partial charge in [-0.05, 0) is 52.3 Å². The summed E-state index contributed by atoms with van der Waals surface area (Å²) in [5.74, 6) is -0.131. The Morgan fingerprint density at radius 3 is 2.32 bits per heavy atom. The van der Waals surface area contributed by atoms with Crippen LogP contribution in [0.4, 0.5) is 5.69 Å². The highest BCUT2D eigenvalue weighted by Gasteiger charge is 2.20. The summed E-state index contributed by atoms with van der Waals surface area (Å²) in [5, 5.41) is 8.99. The first-order chi connectivity index (χ1) is 10.1. The maximum absolute atomic E-state index is 12.1. The lowest BCUT2D eigenvalue weighted by Gasteiger charge is -2.26. The highest BCUT2D eigenvalue weighted by molar-refractivity contribution is 5.88. The van der Waals surface area contributed by atoms with Gasteiger partial charge in [0.15, 0.2) is 0 Å². The molecule has 0 spiro atoms. The van der Waals surface area contributed by atoms with Crippen molar-refractivity contribution >= 4 is 17.5 Å². The quantitative estimate of drug-likeness (QED) is 0.783. The van der Waals surface area contributed by atoms with Crippen LogP contribution in [0.25, 0.3) is 0 Å². The molecule has 1 rings (SSSR count). The minimum atomic E-state index is -0.307. The van der Waals surface area contributed by atoms with Gasteiger partial charge in [-0.1, -0.05) is 12.1 Å². The molecule has 2 amide bonds. The third-order valence-electron chi connectivity index (χ3n) is 3.10. The van der Waals surface area contributed by atoms with E-state index in [1.807, 2.05) is 58.9 Å². The van der Waals surface area contributed by atoms with Crippen LogP contribution in [0.15, 0.2) is 24.3 Å². The molecular formula is C17H27N3O2. The normalized spacial score (nSPS) is 14.1. The molecular weight excluding hydrogens is 278 g/mol. The number of benzene rings is 1. The number of carbonyl (C=O) groups excluding carboxylic acids is 2. The molecule has 0 bridgehead atoms. The van der Waals surface area contributed by atoms with Crippen molar-refractivity contribution in [2.45, 2.75) is 59.2 Å². The highest BCUT2D eigenvalue weighted by atomic mass is 16.2. The molecule has 0 saturated carbocycles. The third kappa shape index (κ3) is 6.26. The molecule has 122 valence electrons. The number of hydrogen-bond donors (Lipinski definition) is 3. The zero-order valence-corrected chi connectivity index (χ0v) is 14.3. The molecule has 0 aliphatic rings. The van der Waals surface area contributed by atoms with Crippen LogP contribution >= 0.6 is 0 Å². The molecule has 0 aromatic heterocycles. The summed E-state index contributed by atoms with van der Waals surface area (Å²) in [6.07, 6.45) is 0. The van der Waals surface area contributed by atoms with Crippen LogP contribution in [-0.4, -0.2) is 23.4 Å². The van der Waals surface area contributed by atoms with Gasteiger partial charge in [0.05, 0.1) is 6.04 Å². The molecule has 2 atom stereocenters. The molecule has 3 N–H and O–H groups in total. The molecule has 0 radical (unpaired) electrons. The molecule has 0 aliphatic carbocycles. The van der Waals surface area contributed by atoms with Gasteiger partial charge >= 0.3 is 0 Å². The Hall–Kier alpha value is -1.88. The Morgan fingerprint density at radius 1 is 1.14 bits per heavy atom. The van der Waals surface area contributed by atoms with Gasteiger partial charge in [0.2, 0.25) is 11.8 Å². The van der Waals surface area contributed by atoms with Gasteiger partial charge in [-0.15, -0.1) is 0 Å². The smallest absolute Gasteiger partial charge is 0.237 e. The average Bonchev–Trinajstić information content (AvgIpc) is 2.36. The molecule has 5 nitrogen and oxygen atoms in total. The zero-order chi connectivity index (χ0) is 16.9. The summed E-state index contributed by atoms with van der Waals surface area (Å²) in [6.45, 7) is 11.2. The SMILES string of the molecule is CC(=O)Nc1cccc(C(C)NC(C)C(=O)NC(C)(C)C)c1. The third-order valence-corrected chi connectivity index (χ3v) is 3.10. The van der Waals surface area contributed by atoms with E-state index in [0.717, 1.165) is 11.3 Å². The van der Waals surface area contributed by atoms with Crippen LogP contribution in [0.2, 0.25) is 0 Å². The van der Waals surface area contributed by atoms with E-state index in [9.17, 15) is 9.59 Å². The molecule has 22 heavy (non-hydrogen) atoms. The maximum atomic E-state index is 12.1. The van der Waals surface area contributed by atoms with Crippen molar-refractivity contribution in [3.63, 3.8) is 0 Å². The number of carbonyl (C=O) groups is 2. The van der Waals surface area contributed by atoms with E-state index in [1.54, 1.807) is 0 Å². The molecule has 0 aliphatic heterocycles. The molecule has 2 unspecified atom stereocenters. The second kappa shape index (κ2) is 7.40. The molecule has 1 aromatic carbocycles. The summed E-state index contributed by atoms with van der Waals surface area (Å²) in [4.78, 5) is 23.2. The molecule has 5 heteroatoms. The number of nitrogens with one attached hydrogen (secondary N) is 3. The van der Waals surface area contributed by atoms with Gasteiger partial charge in [-0.25, -0.2) is 0 Å². The summed E-state index contributed by atoms with van der Waals surface area (Å²) < 4.78 is 0. The van der Waals surface area contributed by atoms with Crippen LogP contribution < -0.4 is 16.0 Å². The van der Waals surface area contributed by atoms with E-state index in [1.165, 1.54) is 6.92 Å². The van der Waals surface area contributed by atoms with Gasteiger partial charge in [-0.3, -0.25) is 14.9 Å². The first-order valence-electron chi connectivity index (χ1n) is 7.54. The van der Waals surface area contributed by atoms with E-state index in [4.69, 9.17) is 0 Å². The first kappa shape index (κ1) is 18.2. The van der Waals surface area contributed by atoms with Crippen LogP contribution in [0, 0.1) is 0 Å². The number of rotatable bonds is 5. The van der Waals surface area contributed by atoms with Crippen molar-refractivity contribution in [3.05, 3.63) is 29.8 Å². The summed E-state index contributed by atoms with van der Waals surface area (Å²) in [5.41, 5.74) is 1.52. The number of amides is 2. The average molecular weight is 305 g/mol. The highest BCUT2D eigenvalue weighted by Crippen LogP contribution is 2.18. The van der Waals surface area contributed by atoms with Crippen LogP contribution in [0.1, 0.15) is 53.1 Å². The fraction of sp³-hybridized carbons (Fsp3) is 0.529. The second-order valence-corrected chi connectivity index (χ2v) is 6.66. The van der Waals surface area contributed by atoms with Crippen molar-refractivity contribution in [2.75, 3.05) is 5.32 Å². The lowest BCUT2D eigenvalue weighted by molar-refractivity contribution is -0.124. The summed E-state index contributed by atoms with van der Waals surface area (Å²) in [7, 11) is 0. The summed E-state index contributed by atoms with van der Waals surface area (Å²) in [6, 6.07) is 7.30. The van der Waals surface area contributed by atoms with Gasteiger partial charge in [-0.2, -0.15) is 0 Å². The van der Waals surface area contributed by atoms with Crippen molar-refractivity contribution in [2.24, 2.45) is 0 Å². The second-order valence-electron chi connectivity index (χ2n) is 6.66. The predicted octanol–water partition coefficient (Wildman–Crippen LogP) is 2.60. The molecule has 0 saturated heterocycles. The minimum absolute atomic E-state index is 0.00516. The monoisotopic (exact) mass is 305 g/mol. The van der Waals surface area contributed by atoms with Gasteiger partial charge in [0.1, 0.15) is 0 Å². The largest absolute Gasteiger partial charge is 0.350 e. The van der Waals surface area contributed by atoms with Crippen molar-refractivity contribution < 1.29 is 9.59 Å². The topological polar surface area (TPSA) is 70.2 Å². The fourth-order valence-electron chi connectivity index (χ4n) is 2.11. The van der Waals surface area contributed by atoms with E-state index >= 15 is 0 Å². The van der Waals surface area contributed by atoms with Crippen molar-refractivity contribution in [1.82, 2.24) is 10.6 Å². The van der Waals surface area contributed by atoms with E-state index in [2.05, 4.69) is 16.0 Å². The Balaban J connectivity index is 2.70. The van der Waals surface area contributed by atoms with E-state index in [0.29, 0.717) is 0 Å². The van der Waals surface area contributed by atoms with Gasteiger partial charge in [0.25, 0.3) is 0 Å². The van der Waals surface area contributed by atoms with Gasteiger partial charge < -0.3 is 10.6 Å². The molecule has 0 fully saturated rings. The molecule has 0 heterocycles. The first-order valence-corrected chi connectivity index (χ1v) is 7.54. The Labute approximate surface area is 132 Å². The van der Waals surface area contributed by atoms with Crippen LogP contribution in [-0.2, 0) is 9.59 Å². The Bertz CT molecular complexity index is 535. The summed E-state index contributed by atoms with van der Waals surface area (Å²) >= 11 is 0. The van der Waals surface area contributed by atoms with Crippen molar-refractivity contribution in [3.8, 4) is 0 Å². The van der Waals surface area contributed by atoms with Crippen molar-refractivity contribution in [1.29, 1.82) is 0 Å². The Morgan fingerprint density at radius 2 is 1.77 bits per heavy atom. The maximum Gasteiger partial charge on any atom is 0.237 e. The molecule has 1 aromatic rings. The van der Waals surface area contributed by atoms with Crippen LogP contribution in [0.3, 0.4) is 0 Å². The number of anilines is 1.